The summed E-state index contributed by atoms with van der Waals surface area (Å²) in [6.07, 6.45) is 0. The molecule has 1 fully saturated rings. The molecular weight excluding hydrogens is 440 g/mol. The predicted molar refractivity (Wildman–Crippen MR) is 130 cm³/mol. The zero-order valence-electron chi connectivity index (χ0n) is 18.5. The molecule has 0 bridgehead atoms. The van der Waals surface area contributed by atoms with E-state index in [9.17, 15) is 9.59 Å². The SMILES string of the molecule is COc1ccc(C(=O)Nc2ccccc2C2SCC(=O)N2c2cc(OC)ccc2OC)cc1. The fraction of sp³-hybridized carbons (Fsp3) is 0.200. The van der Waals surface area contributed by atoms with Crippen molar-refractivity contribution in [3.63, 3.8) is 0 Å². The van der Waals surface area contributed by atoms with E-state index in [0.717, 1.165) is 5.56 Å². The van der Waals surface area contributed by atoms with Crippen LogP contribution in [0, 0.1) is 0 Å². The second kappa shape index (κ2) is 9.87. The van der Waals surface area contributed by atoms with Gasteiger partial charge in [-0.3, -0.25) is 14.5 Å². The van der Waals surface area contributed by atoms with E-state index in [1.54, 1.807) is 68.7 Å². The molecule has 0 aliphatic carbocycles. The summed E-state index contributed by atoms with van der Waals surface area (Å²) >= 11 is 1.49. The zero-order chi connectivity index (χ0) is 23.4. The van der Waals surface area contributed by atoms with E-state index in [1.807, 2.05) is 24.3 Å². The Bertz CT molecular complexity index is 1170. The van der Waals surface area contributed by atoms with Crippen molar-refractivity contribution in [2.24, 2.45) is 0 Å². The number of nitrogens with zero attached hydrogens (tertiary/aromatic N) is 1. The number of carbonyl (C=O) groups excluding carboxylic acids is 2. The Morgan fingerprint density at radius 2 is 1.64 bits per heavy atom. The van der Waals surface area contributed by atoms with E-state index >= 15 is 0 Å². The van der Waals surface area contributed by atoms with Gasteiger partial charge in [-0.05, 0) is 42.5 Å². The van der Waals surface area contributed by atoms with Gasteiger partial charge in [0.25, 0.3) is 5.91 Å². The number of para-hydroxylation sites is 1. The molecule has 170 valence electrons. The smallest absolute Gasteiger partial charge is 0.255 e. The molecule has 8 heteroatoms. The number of thioether (sulfide) groups is 1. The van der Waals surface area contributed by atoms with E-state index in [1.165, 1.54) is 11.8 Å². The zero-order valence-corrected chi connectivity index (χ0v) is 19.3. The van der Waals surface area contributed by atoms with Crippen LogP contribution in [-0.4, -0.2) is 38.9 Å². The van der Waals surface area contributed by atoms with Gasteiger partial charge in [0.2, 0.25) is 5.91 Å². The molecule has 0 radical (unpaired) electrons. The summed E-state index contributed by atoms with van der Waals surface area (Å²) in [5.41, 5.74) is 2.58. The number of rotatable bonds is 7. The summed E-state index contributed by atoms with van der Waals surface area (Å²) in [5.74, 6) is 1.88. The van der Waals surface area contributed by atoms with Gasteiger partial charge >= 0.3 is 0 Å². The normalized spacial score (nSPS) is 15.3. The lowest BCUT2D eigenvalue weighted by Crippen LogP contribution is -2.29. The van der Waals surface area contributed by atoms with Crippen LogP contribution in [0.25, 0.3) is 0 Å². The molecule has 0 spiro atoms. The lowest BCUT2D eigenvalue weighted by Gasteiger charge is -2.27. The molecule has 1 aliphatic heterocycles. The molecule has 4 rings (SSSR count). The molecule has 7 nitrogen and oxygen atoms in total. The second-order valence-electron chi connectivity index (χ2n) is 7.23. The monoisotopic (exact) mass is 464 g/mol. The lowest BCUT2D eigenvalue weighted by molar-refractivity contribution is -0.115. The first-order valence-electron chi connectivity index (χ1n) is 10.3. The second-order valence-corrected chi connectivity index (χ2v) is 8.30. The fourth-order valence-corrected chi connectivity index (χ4v) is 4.87. The van der Waals surface area contributed by atoms with Crippen LogP contribution in [0.5, 0.6) is 17.2 Å². The lowest BCUT2D eigenvalue weighted by atomic mass is 10.1. The molecule has 1 N–H and O–H groups in total. The van der Waals surface area contributed by atoms with Gasteiger partial charge in [0.15, 0.2) is 0 Å². The van der Waals surface area contributed by atoms with Crippen molar-refractivity contribution < 1.29 is 23.8 Å². The minimum atomic E-state index is -0.342. The first kappa shape index (κ1) is 22.5. The molecule has 3 aromatic carbocycles. The van der Waals surface area contributed by atoms with Crippen molar-refractivity contribution in [2.45, 2.75) is 5.37 Å². The Balaban J connectivity index is 1.68. The number of methoxy groups -OCH3 is 3. The quantitative estimate of drug-likeness (QED) is 0.544. The topological polar surface area (TPSA) is 77.1 Å². The summed E-state index contributed by atoms with van der Waals surface area (Å²) in [6.45, 7) is 0. The van der Waals surface area contributed by atoms with Gasteiger partial charge < -0.3 is 19.5 Å². The predicted octanol–water partition coefficient (Wildman–Crippen LogP) is 4.74. The Hall–Kier alpha value is -3.65. The molecule has 1 saturated heterocycles. The third kappa shape index (κ3) is 4.61. The number of carbonyl (C=O) groups is 2. The van der Waals surface area contributed by atoms with E-state index in [2.05, 4.69) is 5.32 Å². The highest BCUT2D eigenvalue weighted by atomic mass is 32.2. The standard InChI is InChI=1S/C25H24N2O5S/c1-30-17-10-8-16(9-11-17)24(29)26-20-7-5-4-6-19(20)25-27(23(28)15-33-25)21-14-18(31-2)12-13-22(21)32-3/h4-14,25H,15H2,1-3H3,(H,26,29). The highest BCUT2D eigenvalue weighted by Crippen LogP contribution is 2.47. The maximum Gasteiger partial charge on any atom is 0.255 e. The van der Waals surface area contributed by atoms with E-state index in [0.29, 0.717) is 39.9 Å². The van der Waals surface area contributed by atoms with Crippen LogP contribution in [0.1, 0.15) is 21.3 Å². The van der Waals surface area contributed by atoms with Gasteiger partial charge in [-0.25, -0.2) is 0 Å². The molecule has 0 saturated carbocycles. The highest BCUT2D eigenvalue weighted by molar-refractivity contribution is 8.00. The number of hydrogen-bond acceptors (Lipinski definition) is 6. The maximum absolute atomic E-state index is 13.0. The van der Waals surface area contributed by atoms with Gasteiger partial charge in [-0.15, -0.1) is 11.8 Å². The molecule has 1 heterocycles. The van der Waals surface area contributed by atoms with Crippen LogP contribution in [0.15, 0.2) is 66.7 Å². The summed E-state index contributed by atoms with van der Waals surface area (Å²) < 4.78 is 16.1. The van der Waals surface area contributed by atoms with Crippen LogP contribution < -0.4 is 24.4 Å². The van der Waals surface area contributed by atoms with Crippen LogP contribution >= 0.6 is 11.8 Å². The fourth-order valence-electron chi connectivity index (χ4n) is 3.66. The van der Waals surface area contributed by atoms with Crippen LogP contribution in [0.4, 0.5) is 11.4 Å². The Kier molecular flexibility index (Phi) is 6.74. The molecule has 3 aromatic rings. The average Bonchev–Trinajstić information content (AvgIpc) is 3.24. The molecule has 1 unspecified atom stereocenters. The molecule has 33 heavy (non-hydrogen) atoms. The third-order valence-electron chi connectivity index (χ3n) is 5.34. The Morgan fingerprint density at radius 3 is 2.33 bits per heavy atom. The van der Waals surface area contributed by atoms with Crippen molar-refractivity contribution >= 4 is 35.0 Å². The van der Waals surface area contributed by atoms with Crippen molar-refractivity contribution in [2.75, 3.05) is 37.3 Å². The van der Waals surface area contributed by atoms with Crippen LogP contribution in [0.3, 0.4) is 0 Å². The van der Waals surface area contributed by atoms with Crippen molar-refractivity contribution in [1.82, 2.24) is 0 Å². The number of anilines is 2. The summed E-state index contributed by atoms with van der Waals surface area (Å²) in [4.78, 5) is 27.6. The van der Waals surface area contributed by atoms with Crippen molar-refractivity contribution in [1.29, 1.82) is 0 Å². The number of hydrogen-bond donors (Lipinski definition) is 1. The molecule has 1 atom stereocenters. The van der Waals surface area contributed by atoms with Crippen LogP contribution in [-0.2, 0) is 4.79 Å². The van der Waals surface area contributed by atoms with E-state index < -0.39 is 0 Å². The highest BCUT2D eigenvalue weighted by Gasteiger charge is 2.37. The first-order valence-corrected chi connectivity index (χ1v) is 11.3. The number of amides is 2. The minimum Gasteiger partial charge on any atom is -0.497 e. The summed E-state index contributed by atoms with van der Waals surface area (Å²) in [6, 6.07) is 19.7. The van der Waals surface area contributed by atoms with Gasteiger partial charge in [-0.1, -0.05) is 18.2 Å². The van der Waals surface area contributed by atoms with Crippen LogP contribution in [0.2, 0.25) is 0 Å². The van der Waals surface area contributed by atoms with Crippen molar-refractivity contribution in [3.05, 3.63) is 77.9 Å². The third-order valence-corrected chi connectivity index (χ3v) is 6.53. The summed E-state index contributed by atoms with van der Waals surface area (Å²) in [7, 11) is 4.72. The molecular formula is C25H24N2O5S. The van der Waals surface area contributed by atoms with E-state index in [4.69, 9.17) is 14.2 Å². The molecule has 2 amide bonds. The van der Waals surface area contributed by atoms with Gasteiger partial charge in [0, 0.05) is 22.9 Å². The minimum absolute atomic E-state index is 0.0483. The maximum atomic E-state index is 13.0. The molecule has 1 aliphatic rings. The van der Waals surface area contributed by atoms with Gasteiger partial charge in [-0.2, -0.15) is 0 Å². The first-order chi connectivity index (χ1) is 16.0. The number of nitrogens with one attached hydrogen (secondary N) is 1. The summed E-state index contributed by atoms with van der Waals surface area (Å²) in [5, 5.41) is 2.65. The average molecular weight is 465 g/mol. The number of ether oxygens (including phenoxy) is 3. The van der Waals surface area contributed by atoms with Gasteiger partial charge in [0.05, 0.1) is 32.8 Å². The Labute approximate surface area is 196 Å². The van der Waals surface area contributed by atoms with E-state index in [-0.39, 0.29) is 17.2 Å². The Morgan fingerprint density at radius 1 is 0.939 bits per heavy atom. The van der Waals surface area contributed by atoms with Crippen molar-refractivity contribution in [3.8, 4) is 17.2 Å². The van der Waals surface area contributed by atoms with Gasteiger partial charge in [0.1, 0.15) is 22.6 Å². The largest absolute Gasteiger partial charge is 0.497 e. The molecule has 0 aromatic heterocycles. The number of benzene rings is 3.